The van der Waals surface area contributed by atoms with Crippen molar-refractivity contribution in [1.82, 2.24) is 4.90 Å². The third kappa shape index (κ3) is 3.26. The fourth-order valence-corrected chi connectivity index (χ4v) is 5.26. The molecule has 0 unspecified atom stereocenters. The first kappa shape index (κ1) is 17.9. The predicted molar refractivity (Wildman–Crippen MR) is 106 cm³/mol. The van der Waals surface area contributed by atoms with Gasteiger partial charge in [0.05, 0.1) is 12.7 Å². The summed E-state index contributed by atoms with van der Waals surface area (Å²) in [5, 5.41) is 0. The largest absolute Gasteiger partial charge is 0.490 e. The minimum atomic E-state index is 0.141. The lowest BCUT2D eigenvalue weighted by Crippen LogP contribution is -2.41. The molecule has 1 saturated heterocycles. The van der Waals surface area contributed by atoms with E-state index in [1.807, 2.05) is 6.92 Å². The number of hydrogen-bond acceptors (Lipinski definition) is 3. The second kappa shape index (κ2) is 7.64. The van der Waals surface area contributed by atoms with E-state index in [1.54, 1.807) is 0 Å². The number of fused-ring (bicyclic) bond motifs is 1. The van der Waals surface area contributed by atoms with Crippen LogP contribution in [0.4, 0.5) is 0 Å². The average Bonchev–Trinajstić information content (AvgIpc) is 3.02. The molecule has 0 bridgehead atoms. The standard InChI is InChI=1S/C23H33NO2/c1-3-25-20-13-12-18(17-21(20)26-19-9-5-4-6-10-19)23-14-8-7-11-22(23)24(2)16-15-23/h8,12-14,17,19,22H,3-7,9-11,15-16H2,1-2H3/t22-,23-/m0/s1. The molecule has 4 rings (SSSR count). The Morgan fingerprint density at radius 2 is 1.96 bits per heavy atom. The quantitative estimate of drug-likeness (QED) is 0.687. The van der Waals surface area contributed by atoms with Crippen LogP contribution in [0, 0.1) is 0 Å². The van der Waals surface area contributed by atoms with Gasteiger partial charge in [-0.15, -0.1) is 0 Å². The summed E-state index contributed by atoms with van der Waals surface area (Å²) >= 11 is 0. The maximum absolute atomic E-state index is 6.48. The summed E-state index contributed by atoms with van der Waals surface area (Å²) in [6.07, 6.45) is 15.1. The highest BCUT2D eigenvalue weighted by atomic mass is 16.5. The molecule has 0 N–H and O–H groups in total. The fraction of sp³-hybridized carbons (Fsp3) is 0.652. The number of benzene rings is 1. The molecule has 2 atom stereocenters. The van der Waals surface area contributed by atoms with Gasteiger partial charge in [0.1, 0.15) is 0 Å². The van der Waals surface area contributed by atoms with E-state index in [0.29, 0.717) is 18.8 Å². The van der Waals surface area contributed by atoms with Gasteiger partial charge >= 0.3 is 0 Å². The lowest BCUT2D eigenvalue weighted by atomic mass is 9.70. The van der Waals surface area contributed by atoms with Gasteiger partial charge in [-0.3, -0.25) is 0 Å². The SMILES string of the molecule is CCOc1ccc([C@@]23C=CCC[C@@H]2N(C)CC3)cc1OC1CCCCC1. The topological polar surface area (TPSA) is 21.7 Å². The first-order valence-corrected chi connectivity index (χ1v) is 10.5. The lowest BCUT2D eigenvalue weighted by molar-refractivity contribution is 0.147. The van der Waals surface area contributed by atoms with Crippen LogP contribution in [-0.2, 0) is 5.41 Å². The average molecular weight is 356 g/mol. The molecule has 3 nitrogen and oxygen atoms in total. The number of likely N-dealkylation sites (N-methyl/N-ethyl adjacent to an activating group) is 1. The molecule has 0 aromatic heterocycles. The van der Waals surface area contributed by atoms with Crippen LogP contribution in [-0.4, -0.2) is 37.2 Å². The molecule has 1 saturated carbocycles. The normalized spacial score (nSPS) is 29.5. The maximum atomic E-state index is 6.48. The molecule has 0 amide bonds. The summed E-state index contributed by atoms with van der Waals surface area (Å²) < 4.78 is 12.4. The van der Waals surface area contributed by atoms with Crippen molar-refractivity contribution in [2.45, 2.75) is 75.9 Å². The van der Waals surface area contributed by atoms with E-state index in [-0.39, 0.29) is 5.41 Å². The van der Waals surface area contributed by atoms with Crippen molar-refractivity contribution < 1.29 is 9.47 Å². The van der Waals surface area contributed by atoms with Gasteiger partial charge in [-0.1, -0.05) is 24.6 Å². The first-order chi connectivity index (χ1) is 12.7. The Balaban J connectivity index is 1.67. The van der Waals surface area contributed by atoms with Gasteiger partial charge < -0.3 is 14.4 Å². The summed E-state index contributed by atoms with van der Waals surface area (Å²) in [6, 6.07) is 7.32. The number of nitrogens with zero attached hydrogens (tertiary/aromatic N) is 1. The third-order valence-corrected chi connectivity index (χ3v) is 6.65. The van der Waals surface area contributed by atoms with Gasteiger partial charge in [-0.05, 0) is 83.2 Å². The predicted octanol–water partition coefficient (Wildman–Crippen LogP) is 5.09. The molecule has 1 heterocycles. The van der Waals surface area contributed by atoms with E-state index < -0.39 is 0 Å². The Morgan fingerprint density at radius 1 is 1.12 bits per heavy atom. The van der Waals surface area contributed by atoms with E-state index in [0.717, 1.165) is 11.5 Å². The Morgan fingerprint density at radius 3 is 2.77 bits per heavy atom. The van der Waals surface area contributed by atoms with Crippen molar-refractivity contribution >= 4 is 0 Å². The number of ether oxygens (including phenoxy) is 2. The van der Waals surface area contributed by atoms with E-state index in [1.165, 1.54) is 63.5 Å². The van der Waals surface area contributed by atoms with Crippen LogP contribution in [0.25, 0.3) is 0 Å². The Bertz CT molecular complexity index is 650. The van der Waals surface area contributed by atoms with Crippen molar-refractivity contribution in [3.05, 3.63) is 35.9 Å². The van der Waals surface area contributed by atoms with Gasteiger partial charge in [0, 0.05) is 11.5 Å². The number of hydrogen-bond donors (Lipinski definition) is 0. The number of allylic oxidation sites excluding steroid dienone is 1. The zero-order valence-electron chi connectivity index (χ0n) is 16.4. The fourth-order valence-electron chi connectivity index (χ4n) is 5.26. The summed E-state index contributed by atoms with van der Waals surface area (Å²) in [7, 11) is 2.28. The lowest BCUT2D eigenvalue weighted by Gasteiger charge is -2.38. The molecular formula is C23H33NO2. The van der Waals surface area contributed by atoms with Crippen LogP contribution >= 0.6 is 0 Å². The molecule has 1 aromatic carbocycles. The summed E-state index contributed by atoms with van der Waals surface area (Å²) in [5.74, 6) is 1.86. The molecule has 3 aliphatic rings. The molecular weight excluding hydrogens is 322 g/mol. The van der Waals surface area contributed by atoms with Crippen LogP contribution < -0.4 is 9.47 Å². The van der Waals surface area contributed by atoms with Crippen molar-refractivity contribution in [2.24, 2.45) is 0 Å². The second-order valence-corrected chi connectivity index (χ2v) is 8.24. The number of rotatable bonds is 5. The Hall–Kier alpha value is -1.48. The summed E-state index contributed by atoms with van der Waals surface area (Å²) in [4.78, 5) is 2.54. The van der Waals surface area contributed by atoms with Crippen molar-refractivity contribution in [2.75, 3.05) is 20.2 Å². The van der Waals surface area contributed by atoms with E-state index >= 15 is 0 Å². The van der Waals surface area contributed by atoms with E-state index in [4.69, 9.17) is 9.47 Å². The van der Waals surface area contributed by atoms with Gasteiger partial charge in [-0.25, -0.2) is 0 Å². The summed E-state index contributed by atoms with van der Waals surface area (Å²) in [5.41, 5.74) is 1.54. The maximum Gasteiger partial charge on any atom is 0.161 e. The van der Waals surface area contributed by atoms with E-state index in [2.05, 4.69) is 42.3 Å². The highest BCUT2D eigenvalue weighted by Gasteiger charge is 2.46. The minimum absolute atomic E-state index is 0.141. The second-order valence-electron chi connectivity index (χ2n) is 8.24. The molecule has 1 aromatic rings. The molecule has 2 fully saturated rings. The van der Waals surface area contributed by atoms with Crippen LogP contribution in [0.15, 0.2) is 30.4 Å². The molecule has 142 valence electrons. The highest BCUT2D eigenvalue weighted by Crippen LogP contribution is 2.47. The number of likely N-dealkylation sites (tertiary alicyclic amines) is 1. The van der Waals surface area contributed by atoms with Crippen molar-refractivity contribution in [3.63, 3.8) is 0 Å². The Labute approximate surface area is 158 Å². The third-order valence-electron chi connectivity index (χ3n) is 6.65. The molecule has 1 aliphatic heterocycles. The van der Waals surface area contributed by atoms with Gasteiger partial charge in [-0.2, -0.15) is 0 Å². The van der Waals surface area contributed by atoms with Gasteiger partial charge in [0.25, 0.3) is 0 Å². The zero-order chi connectivity index (χ0) is 18.0. The minimum Gasteiger partial charge on any atom is -0.490 e. The highest BCUT2D eigenvalue weighted by molar-refractivity contribution is 5.48. The van der Waals surface area contributed by atoms with Crippen LogP contribution in [0.3, 0.4) is 0 Å². The molecule has 2 aliphatic carbocycles. The van der Waals surface area contributed by atoms with Crippen LogP contribution in [0.5, 0.6) is 11.5 Å². The molecule has 0 radical (unpaired) electrons. The van der Waals surface area contributed by atoms with Crippen molar-refractivity contribution in [3.8, 4) is 11.5 Å². The van der Waals surface area contributed by atoms with E-state index in [9.17, 15) is 0 Å². The zero-order valence-corrected chi connectivity index (χ0v) is 16.4. The first-order valence-electron chi connectivity index (χ1n) is 10.5. The van der Waals surface area contributed by atoms with Crippen LogP contribution in [0.1, 0.15) is 63.9 Å². The Kier molecular flexibility index (Phi) is 5.26. The summed E-state index contributed by atoms with van der Waals surface area (Å²) in [6.45, 7) is 3.89. The molecule has 26 heavy (non-hydrogen) atoms. The van der Waals surface area contributed by atoms with Crippen molar-refractivity contribution in [1.29, 1.82) is 0 Å². The molecule has 3 heteroatoms. The van der Waals surface area contributed by atoms with Crippen LogP contribution in [0.2, 0.25) is 0 Å². The monoisotopic (exact) mass is 355 g/mol. The van der Waals surface area contributed by atoms with Gasteiger partial charge in [0.15, 0.2) is 11.5 Å². The smallest absolute Gasteiger partial charge is 0.161 e. The van der Waals surface area contributed by atoms with Gasteiger partial charge in [0.2, 0.25) is 0 Å². The molecule has 0 spiro atoms.